The first-order valence-corrected chi connectivity index (χ1v) is 33.9. The maximum absolute atomic E-state index is 14.8. The molecule has 5 heterocycles. The molecule has 0 spiro atoms. The lowest BCUT2D eigenvalue weighted by molar-refractivity contribution is -0.134. The van der Waals surface area contributed by atoms with Crippen molar-refractivity contribution in [3.63, 3.8) is 0 Å². The number of phenolic OH excluding ortho intramolecular Hbond substituents is 1. The number of aromatic amines is 1. The van der Waals surface area contributed by atoms with E-state index in [1.165, 1.54) is 60.0 Å². The third kappa shape index (κ3) is 21.8. The van der Waals surface area contributed by atoms with Crippen LogP contribution in [0.4, 0.5) is 5.82 Å². The van der Waals surface area contributed by atoms with Crippen LogP contribution in [0, 0.1) is 18.8 Å². The van der Waals surface area contributed by atoms with E-state index in [-0.39, 0.29) is 79.2 Å². The van der Waals surface area contributed by atoms with Crippen LogP contribution in [0.15, 0.2) is 70.9 Å². The third-order valence-electron chi connectivity index (χ3n) is 15.4. The van der Waals surface area contributed by atoms with E-state index in [4.69, 9.17) is 38.6 Å². The molecule has 0 aliphatic carbocycles. The zero-order valence-electron chi connectivity index (χ0n) is 53.2. The number of nitrogen functional groups attached to an aromatic ring is 1. The molecular weight excluding hydrogens is 1260 g/mol. The highest BCUT2D eigenvalue weighted by Crippen LogP contribution is 2.32. The van der Waals surface area contributed by atoms with Crippen LogP contribution >= 0.6 is 34.0 Å². The Kier molecular flexibility index (Phi) is 28.2. The van der Waals surface area contributed by atoms with Gasteiger partial charge in [-0.3, -0.25) is 33.6 Å². The molecular formula is C63H87N19O9S3. The van der Waals surface area contributed by atoms with Gasteiger partial charge in [-0.2, -0.15) is 0 Å². The number of benzene rings is 2. The molecule has 0 aliphatic rings. The maximum Gasteiger partial charge on any atom is 0.271 e. The Morgan fingerprint density at radius 3 is 2.07 bits per heavy atom. The first-order chi connectivity index (χ1) is 45.1. The number of hydrogen-bond donors (Lipinski definition) is 16. The lowest BCUT2D eigenvalue weighted by Gasteiger charge is -2.31. The zero-order valence-corrected chi connectivity index (χ0v) is 55.6. The number of carbonyl (C=O) groups excluding carboxylic acids is 7. The molecule has 7 aromatic rings. The van der Waals surface area contributed by atoms with Crippen molar-refractivity contribution in [2.45, 2.75) is 122 Å². The first-order valence-electron chi connectivity index (χ1n) is 31.3. The number of amides is 7. The van der Waals surface area contributed by atoms with Gasteiger partial charge < -0.3 is 86.4 Å². The molecule has 0 aliphatic heterocycles. The van der Waals surface area contributed by atoms with Gasteiger partial charge in [0.25, 0.3) is 11.8 Å². The molecule has 7 atom stereocenters. The molecule has 0 fully saturated rings. The van der Waals surface area contributed by atoms with Crippen LogP contribution in [0.2, 0.25) is 0 Å². The van der Waals surface area contributed by atoms with Crippen molar-refractivity contribution in [3.8, 4) is 27.2 Å². The number of hydrogen-bond acceptors (Lipinski definition) is 23. The van der Waals surface area contributed by atoms with Crippen LogP contribution in [0.5, 0.6) is 5.75 Å². The lowest BCUT2D eigenvalue weighted by Crippen LogP contribution is -2.57. The minimum atomic E-state index is -1.53. The molecule has 2 aromatic carbocycles. The number of aromatic nitrogens is 6. The number of phenols is 1. The summed E-state index contributed by atoms with van der Waals surface area (Å²) in [6.07, 6.45) is 4.20. The van der Waals surface area contributed by atoms with E-state index >= 15 is 0 Å². The van der Waals surface area contributed by atoms with Gasteiger partial charge in [0.15, 0.2) is 0 Å². The number of carbonyl (C=O) groups is 7. The molecule has 7 rings (SSSR count). The minimum absolute atomic E-state index is 0.00711. The number of nitrogens with two attached hydrogens (primary N) is 5. The number of primary amides is 2. The number of unbranched alkanes of at least 4 members (excludes halogenated alkanes) is 1. The van der Waals surface area contributed by atoms with E-state index in [2.05, 4.69) is 62.5 Å². The van der Waals surface area contributed by atoms with Gasteiger partial charge in [0.2, 0.25) is 29.5 Å². The number of fused-ring (bicyclic) bond motifs is 1. The molecule has 5 aromatic heterocycles. The van der Waals surface area contributed by atoms with Gasteiger partial charge in [-0.1, -0.05) is 51.1 Å². The highest BCUT2D eigenvalue weighted by Gasteiger charge is 2.36. The molecule has 7 amide bonds. The normalized spacial score (nSPS) is 13.7. The van der Waals surface area contributed by atoms with Gasteiger partial charge >= 0.3 is 0 Å². The third-order valence-corrected chi connectivity index (χ3v) is 18.0. The Morgan fingerprint density at radius 2 is 1.36 bits per heavy atom. The average Bonchev–Trinajstić information content (AvgIpc) is 1.26. The highest BCUT2D eigenvalue weighted by atomic mass is 32.1. The molecule has 506 valence electrons. The number of para-hydroxylation sites is 1. The number of rotatable bonds is 40. The van der Waals surface area contributed by atoms with Crippen molar-refractivity contribution >= 4 is 92.1 Å². The summed E-state index contributed by atoms with van der Waals surface area (Å²) < 4.78 is 0. The van der Waals surface area contributed by atoms with Gasteiger partial charge in [-0.15, -0.1) is 34.0 Å². The maximum atomic E-state index is 14.8. The number of nitrogens with one attached hydrogen (secondary N) is 9. The Hall–Kier alpha value is -8.40. The van der Waals surface area contributed by atoms with Gasteiger partial charge in [-0.05, 0) is 107 Å². The fourth-order valence-corrected chi connectivity index (χ4v) is 12.5. The summed E-state index contributed by atoms with van der Waals surface area (Å²) in [5, 5.41) is 54.5. The predicted molar refractivity (Wildman–Crippen MR) is 363 cm³/mol. The SMILES string of the molecule is Cc1c(N)nc([C@H](CC(N)=O)NC[C@H](N)C(N)=O)nc1C(=O)N[C@@H](Cc1c[nH]c2ccccc12)C(=O)N[C@H](CC(C)C)[C@@H](O)[C@H](C)C(=O)N[C@@H](Cc1ccc(O)cc1)C(=O)NCCc1nc(-c2nc(-c3nc(C(=O)NCCCNCCCCNCCCN)cs3)cs2)cs1. The topological polar surface area (TPSA) is 467 Å². The Bertz CT molecular complexity index is 3650. The largest absolute Gasteiger partial charge is 0.508 e. The summed E-state index contributed by atoms with van der Waals surface area (Å²) in [6.45, 7) is 11.5. The second kappa shape index (κ2) is 36.3. The molecule has 31 heteroatoms. The summed E-state index contributed by atoms with van der Waals surface area (Å²) in [5.74, 6) is -6.22. The molecule has 28 nitrogen and oxygen atoms in total. The monoisotopic (exact) mass is 1350 g/mol. The zero-order chi connectivity index (χ0) is 67.8. The number of thiazole rings is 3. The highest BCUT2D eigenvalue weighted by molar-refractivity contribution is 7.16. The summed E-state index contributed by atoms with van der Waals surface area (Å²) >= 11 is 4.12. The molecule has 0 saturated carbocycles. The van der Waals surface area contributed by atoms with Crippen molar-refractivity contribution in [2.24, 2.45) is 34.8 Å². The van der Waals surface area contributed by atoms with E-state index in [9.17, 15) is 43.8 Å². The first kappa shape index (κ1) is 73.0. The van der Waals surface area contributed by atoms with E-state index in [1.807, 2.05) is 48.9 Å². The van der Waals surface area contributed by atoms with Crippen LogP contribution in [0.25, 0.3) is 32.3 Å². The second-order valence-corrected chi connectivity index (χ2v) is 26.0. The molecule has 94 heavy (non-hydrogen) atoms. The quantitative estimate of drug-likeness (QED) is 0.0244. The number of aromatic hydroxyl groups is 1. The van der Waals surface area contributed by atoms with Crippen molar-refractivity contribution in [2.75, 3.05) is 58.1 Å². The summed E-state index contributed by atoms with van der Waals surface area (Å²) in [6, 6.07) is 7.78. The molecule has 21 N–H and O–H groups in total. The second-order valence-electron chi connectivity index (χ2n) is 23.3. The van der Waals surface area contributed by atoms with Crippen LogP contribution in [-0.2, 0) is 43.2 Å². The van der Waals surface area contributed by atoms with Gasteiger partial charge in [0.05, 0.1) is 35.2 Å². The number of H-pyrrole nitrogens is 1. The van der Waals surface area contributed by atoms with E-state index in [0.29, 0.717) is 62.7 Å². The van der Waals surface area contributed by atoms with Gasteiger partial charge in [0, 0.05) is 84.1 Å². The molecule has 0 bridgehead atoms. The predicted octanol–water partition coefficient (Wildman–Crippen LogP) is 1.96. The van der Waals surface area contributed by atoms with Crippen LogP contribution in [0.1, 0.15) is 114 Å². The summed E-state index contributed by atoms with van der Waals surface area (Å²) in [5.41, 5.74) is 32.1. The molecule has 0 saturated heterocycles. The van der Waals surface area contributed by atoms with E-state index < -0.39 is 77.7 Å². The van der Waals surface area contributed by atoms with E-state index in [0.717, 1.165) is 62.8 Å². The van der Waals surface area contributed by atoms with Crippen molar-refractivity contribution < 1.29 is 43.8 Å². The van der Waals surface area contributed by atoms with Crippen molar-refractivity contribution in [1.82, 2.24) is 72.4 Å². The number of aliphatic hydroxyl groups is 1. The summed E-state index contributed by atoms with van der Waals surface area (Å²) in [4.78, 5) is 121. The van der Waals surface area contributed by atoms with Crippen molar-refractivity contribution in [1.29, 1.82) is 0 Å². The van der Waals surface area contributed by atoms with Crippen molar-refractivity contribution in [3.05, 3.63) is 110 Å². The number of anilines is 1. The minimum Gasteiger partial charge on any atom is -0.508 e. The Morgan fingerprint density at radius 1 is 0.691 bits per heavy atom. The number of aliphatic hydroxyl groups excluding tert-OH is 1. The Balaban J connectivity index is 0.981. The molecule has 0 unspecified atom stereocenters. The lowest BCUT2D eigenvalue weighted by atomic mass is 9.90. The molecule has 0 radical (unpaired) electrons. The summed E-state index contributed by atoms with van der Waals surface area (Å²) in [7, 11) is 0. The fraction of sp³-hybridized carbons (Fsp3) is 0.460. The van der Waals surface area contributed by atoms with E-state index in [1.54, 1.807) is 23.7 Å². The van der Waals surface area contributed by atoms with Crippen LogP contribution in [-0.4, -0.2) is 164 Å². The van der Waals surface area contributed by atoms with Gasteiger partial charge in [0.1, 0.15) is 62.3 Å². The number of nitrogens with zero attached hydrogens (tertiary/aromatic N) is 5. The van der Waals surface area contributed by atoms with Gasteiger partial charge in [-0.25, -0.2) is 24.9 Å². The van der Waals surface area contributed by atoms with Crippen LogP contribution < -0.4 is 71.2 Å². The average molecular weight is 1350 g/mol. The fourth-order valence-electron chi connectivity index (χ4n) is 10.1. The smallest absolute Gasteiger partial charge is 0.271 e. The standard InChI is InChI=1S/C63H87N19O9S3/c1-34(2)25-43(76-60(90)46(27-38-29-73-42-12-6-5-11-40(38)42)78-61(91)52-35(3)54(67)82-56(81-52)44(28-50(66)84)74-30-41(65)55(68)86)53(85)36(4)57(87)77-45(26-37-13-15-39(83)16-14-37)58(88)72-24-17-51-75-48(32-92-51)62-80-49(33-94-62)63-79-47(31-93-63)59(89)71-23-10-22-70-20-8-7-19-69-21-9-18-64/h5-6,11-16,29,31-34,36,41,43-46,53,69-70,73-74,83,85H,7-10,17-28,30,64-65H2,1-4H3,(H2,66,84)(H2,68,86)(H,71,89)(H,72,88)(H,76,90)(H,77,87)(H,78,91)(H2,67,81,82)/t36-,41-,43+,44-,45-,46-,53-/m0/s1. The van der Waals surface area contributed by atoms with Crippen LogP contribution in [0.3, 0.4) is 0 Å². The Labute approximate surface area is 557 Å².